The van der Waals surface area contributed by atoms with E-state index in [0.29, 0.717) is 12.4 Å². The van der Waals surface area contributed by atoms with Crippen molar-refractivity contribution in [3.05, 3.63) is 48.2 Å². The normalized spacial score (nSPS) is 18.6. The number of benzene rings is 1. The number of carbonyl (C=O) groups excluding carboxylic acids is 2. The minimum atomic E-state index is -0.730. The van der Waals surface area contributed by atoms with E-state index in [4.69, 9.17) is 4.74 Å². The molecule has 33 heavy (non-hydrogen) atoms. The first kappa shape index (κ1) is 24.3. The monoisotopic (exact) mass is 454 g/mol. The molecule has 1 aromatic carbocycles. The van der Waals surface area contributed by atoms with Gasteiger partial charge in [-0.1, -0.05) is 30.3 Å². The summed E-state index contributed by atoms with van der Waals surface area (Å²) in [4.78, 5) is 35.8. The van der Waals surface area contributed by atoms with Crippen LogP contribution in [0, 0.1) is 0 Å². The number of hydrogen-bond acceptors (Lipinski definition) is 7. The second-order valence-corrected chi connectivity index (χ2v) is 8.44. The molecule has 0 spiro atoms. The lowest BCUT2D eigenvalue weighted by molar-refractivity contribution is -0.145. The number of carbonyl (C=O) groups is 2. The number of hydrogen-bond donors (Lipinski definition) is 3. The van der Waals surface area contributed by atoms with Crippen LogP contribution in [0.1, 0.15) is 38.2 Å². The van der Waals surface area contributed by atoms with Crippen LogP contribution in [0.5, 0.6) is 0 Å². The number of esters is 1. The van der Waals surface area contributed by atoms with E-state index in [1.54, 1.807) is 13.1 Å². The highest BCUT2D eigenvalue weighted by molar-refractivity contribution is 5.84. The maximum atomic E-state index is 12.6. The predicted octanol–water partition coefficient (Wildman–Crippen LogP) is 2.74. The molecule has 2 aromatic rings. The Bertz CT molecular complexity index is 900. The Labute approximate surface area is 195 Å². The van der Waals surface area contributed by atoms with Gasteiger partial charge in [0.05, 0.1) is 6.61 Å². The molecule has 0 unspecified atom stereocenters. The highest BCUT2D eigenvalue weighted by Crippen LogP contribution is 2.21. The van der Waals surface area contributed by atoms with E-state index in [9.17, 15) is 9.59 Å². The fraction of sp³-hybridized carbons (Fsp3) is 0.500. The minimum absolute atomic E-state index is 0.0525. The van der Waals surface area contributed by atoms with Crippen LogP contribution < -0.4 is 20.9 Å². The van der Waals surface area contributed by atoms with Crippen LogP contribution in [0.4, 0.5) is 16.6 Å². The summed E-state index contributed by atoms with van der Waals surface area (Å²) >= 11 is 0. The van der Waals surface area contributed by atoms with Crippen LogP contribution in [0.25, 0.3) is 0 Å². The molecule has 9 heteroatoms. The van der Waals surface area contributed by atoms with Gasteiger partial charge in [0.1, 0.15) is 11.9 Å². The summed E-state index contributed by atoms with van der Waals surface area (Å²) in [5.41, 5.74) is 0.961. The molecule has 3 rings (SSSR count). The van der Waals surface area contributed by atoms with Gasteiger partial charge in [-0.3, -0.25) is 0 Å². The van der Waals surface area contributed by atoms with Crippen molar-refractivity contribution in [2.75, 3.05) is 30.9 Å². The molecule has 0 saturated heterocycles. The lowest BCUT2D eigenvalue weighted by Crippen LogP contribution is -2.51. The Morgan fingerprint density at radius 2 is 1.79 bits per heavy atom. The molecule has 1 fully saturated rings. The number of ether oxygens (including phenoxy) is 1. The topological polar surface area (TPSA) is 108 Å². The van der Waals surface area contributed by atoms with E-state index in [1.165, 1.54) is 0 Å². The van der Waals surface area contributed by atoms with Gasteiger partial charge in [-0.15, -0.1) is 0 Å². The van der Waals surface area contributed by atoms with Gasteiger partial charge in [0.2, 0.25) is 5.95 Å². The second kappa shape index (κ2) is 12.0. The average Bonchev–Trinajstić information content (AvgIpc) is 2.81. The van der Waals surface area contributed by atoms with Crippen molar-refractivity contribution < 1.29 is 14.3 Å². The first-order chi connectivity index (χ1) is 15.9. The summed E-state index contributed by atoms with van der Waals surface area (Å²) in [5, 5.41) is 9.22. The number of nitrogens with zero attached hydrogens (tertiary/aromatic N) is 3. The fourth-order valence-corrected chi connectivity index (χ4v) is 3.90. The summed E-state index contributed by atoms with van der Waals surface area (Å²) in [5.74, 6) is 1.05. The molecule has 178 valence electrons. The summed E-state index contributed by atoms with van der Waals surface area (Å²) in [6.07, 6.45) is 5.59. The molecular weight excluding hydrogens is 420 g/mol. The van der Waals surface area contributed by atoms with Crippen LogP contribution in [0.2, 0.25) is 0 Å². The van der Waals surface area contributed by atoms with Crippen molar-refractivity contribution in [3.8, 4) is 0 Å². The highest BCUT2D eigenvalue weighted by Gasteiger charge is 2.26. The standard InChI is InChI=1S/C24H34N6O3/c1-4-33-22(31)20(16-17-8-6-5-7-9-17)28-24(32)27-19-12-10-18(11-13-19)26-23-25-15-14-21(29-23)30(2)3/h5-9,14-15,18-20H,4,10-13,16H2,1-3H3,(H,25,26,29)(H2,27,28,32)/t18?,19?,20-/m0/s1. The first-order valence-electron chi connectivity index (χ1n) is 11.5. The van der Waals surface area contributed by atoms with Crippen molar-refractivity contribution in [2.45, 2.75) is 57.2 Å². The van der Waals surface area contributed by atoms with Crippen LogP contribution >= 0.6 is 0 Å². The number of nitrogens with one attached hydrogen (secondary N) is 3. The Kier molecular flexibility index (Phi) is 8.86. The molecule has 1 heterocycles. The second-order valence-electron chi connectivity index (χ2n) is 8.44. The van der Waals surface area contributed by atoms with E-state index in [-0.39, 0.29) is 24.7 Å². The molecule has 9 nitrogen and oxygen atoms in total. The lowest BCUT2D eigenvalue weighted by Gasteiger charge is -2.30. The molecule has 0 aliphatic heterocycles. The third-order valence-corrected chi connectivity index (χ3v) is 5.65. The zero-order valence-corrected chi connectivity index (χ0v) is 19.6. The molecule has 2 amide bonds. The van der Waals surface area contributed by atoms with Gasteiger partial charge in [-0.05, 0) is 44.2 Å². The molecule has 1 saturated carbocycles. The fourth-order valence-electron chi connectivity index (χ4n) is 3.90. The summed E-state index contributed by atoms with van der Waals surface area (Å²) in [6, 6.07) is 10.7. The van der Waals surface area contributed by atoms with Crippen molar-refractivity contribution in [1.29, 1.82) is 0 Å². The van der Waals surface area contributed by atoms with Crippen molar-refractivity contribution in [3.63, 3.8) is 0 Å². The van der Waals surface area contributed by atoms with Gasteiger partial charge >= 0.3 is 12.0 Å². The van der Waals surface area contributed by atoms with Gasteiger partial charge in [0, 0.05) is 38.8 Å². The molecule has 1 aliphatic carbocycles. The molecule has 3 N–H and O–H groups in total. The van der Waals surface area contributed by atoms with Gasteiger partial charge < -0.3 is 25.6 Å². The molecule has 0 radical (unpaired) electrons. The van der Waals surface area contributed by atoms with Gasteiger partial charge in [-0.25, -0.2) is 14.6 Å². The Morgan fingerprint density at radius 1 is 1.09 bits per heavy atom. The molecule has 1 atom stereocenters. The SMILES string of the molecule is CCOC(=O)[C@H](Cc1ccccc1)NC(=O)NC1CCC(Nc2nccc(N(C)C)n2)CC1. The Balaban J connectivity index is 1.48. The predicted molar refractivity (Wildman–Crippen MR) is 128 cm³/mol. The van der Waals surface area contributed by atoms with E-state index in [0.717, 1.165) is 37.1 Å². The number of anilines is 2. The molecule has 1 aliphatic rings. The zero-order valence-electron chi connectivity index (χ0n) is 19.6. The van der Waals surface area contributed by atoms with Crippen LogP contribution in [0.3, 0.4) is 0 Å². The smallest absolute Gasteiger partial charge is 0.329 e. The maximum absolute atomic E-state index is 12.6. The number of aromatic nitrogens is 2. The summed E-state index contributed by atoms with van der Waals surface area (Å²) in [6.45, 7) is 2.03. The number of urea groups is 1. The zero-order chi connectivity index (χ0) is 23.6. The van der Waals surface area contributed by atoms with E-state index < -0.39 is 12.0 Å². The third-order valence-electron chi connectivity index (χ3n) is 5.65. The summed E-state index contributed by atoms with van der Waals surface area (Å²) in [7, 11) is 3.89. The quantitative estimate of drug-likeness (QED) is 0.500. The molecule has 1 aromatic heterocycles. The van der Waals surface area contributed by atoms with Gasteiger partial charge in [-0.2, -0.15) is 4.98 Å². The van der Waals surface area contributed by atoms with Crippen molar-refractivity contribution in [1.82, 2.24) is 20.6 Å². The van der Waals surface area contributed by atoms with Crippen molar-refractivity contribution >= 4 is 23.8 Å². The van der Waals surface area contributed by atoms with E-state index in [2.05, 4.69) is 25.9 Å². The number of amides is 2. The van der Waals surface area contributed by atoms with Crippen LogP contribution in [0.15, 0.2) is 42.6 Å². The van der Waals surface area contributed by atoms with E-state index >= 15 is 0 Å². The van der Waals surface area contributed by atoms with Crippen molar-refractivity contribution in [2.24, 2.45) is 0 Å². The number of rotatable bonds is 9. The maximum Gasteiger partial charge on any atom is 0.329 e. The molecule has 0 bridgehead atoms. The highest BCUT2D eigenvalue weighted by atomic mass is 16.5. The Hall–Kier alpha value is -3.36. The third kappa shape index (κ3) is 7.62. The lowest BCUT2D eigenvalue weighted by atomic mass is 9.91. The van der Waals surface area contributed by atoms with Crippen LogP contribution in [-0.4, -0.2) is 60.8 Å². The minimum Gasteiger partial charge on any atom is -0.464 e. The summed E-state index contributed by atoms with van der Waals surface area (Å²) < 4.78 is 5.16. The average molecular weight is 455 g/mol. The van der Waals surface area contributed by atoms with Crippen LogP contribution in [-0.2, 0) is 16.0 Å². The first-order valence-corrected chi connectivity index (χ1v) is 11.5. The van der Waals surface area contributed by atoms with Gasteiger partial charge in [0.15, 0.2) is 0 Å². The van der Waals surface area contributed by atoms with Gasteiger partial charge in [0.25, 0.3) is 0 Å². The Morgan fingerprint density at radius 3 is 2.45 bits per heavy atom. The molecular formula is C24H34N6O3. The van der Waals surface area contributed by atoms with E-state index in [1.807, 2.05) is 55.4 Å². The largest absolute Gasteiger partial charge is 0.464 e.